The molecule has 2 aromatic carbocycles. The van der Waals surface area contributed by atoms with Crippen molar-refractivity contribution in [2.75, 3.05) is 27.2 Å². The van der Waals surface area contributed by atoms with E-state index in [1.807, 2.05) is 25.2 Å². The van der Waals surface area contributed by atoms with Crippen LogP contribution in [0.15, 0.2) is 71.3 Å². The standard InChI is InChI=1S/C35H47N9O.C3H8/c1-23(39-4)8-9-26-10-11-30-20-35(34(37)42-43-38,19-24(2)41-22-25(3)44-16-6-7-31(44)21-36)32-15-14-29(33(45)40-5)18-28(32)13-12-27(30)17-26;1-3-2/h10-11,14-15,17-18,24,31,39,41H,1,3,6-9,12-13,16,19-20,22H2,2,4-5H3,(H,40,45)(H3,37,38,42);3H2,1-2H3/t24-,31?,35?;/m1./s1. The predicted molar refractivity (Wildman–Crippen MR) is 195 cm³/mol. The lowest BCUT2D eigenvalue weighted by Crippen LogP contribution is -2.45. The minimum Gasteiger partial charge on any atom is -0.392 e. The van der Waals surface area contributed by atoms with E-state index >= 15 is 0 Å². The molecule has 3 atom stereocenters. The van der Waals surface area contributed by atoms with E-state index in [2.05, 4.69) is 89.4 Å². The minimum atomic E-state index is -0.868. The molecular weight excluding hydrogens is 598 g/mol. The molecule has 1 aliphatic heterocycles. The fraction of sp³-hybridized carbons (Fsp3) is 0.500. The molecule has 2 aliphatic rings. The number of nitrogens with one attached hydrogen (secondary N) is 4. The second kappa shape index (κ2) is 18.2. The second-order valence-corrected chi connectivity index (χ2v) is 13.0. The van der Waals surface area contributed by atoms with Gasteiger partial charge in [-0.1, -0.05) is 62.9 Å². The van der Waals surface area contributed by atoms with Crippen LogP contribution in [0.1, 0.15) is 91.1 Å². The van der Waals surface area contributed by atoms with Gasteiger partial charge in [-0.05, 0) is 98.2 Å². The maximum absolute atomic E-state index is 12.7. The third-order valence-corrected chi connectivity index (χ3v) is 9.33. The van der Waals surface area contributed by atoms with E-state index in [9.17, 15) is 15.5 Å². The molecule has 48 heavy (non-hydrogen) atoms. The fourth-order valence-corrected chi connectivity index (χ4v) is 6.81. The van der Waals surface area contributed by atoms with E-state index in [0.717, 1.165) is 66.7 Å². The van der Waals surface area contributed by atoms with Gasteiger partial charge >= 0.3 is 0 Å². The van der Waals surface area contributed by atoms with Gasteiger partial charge in [0.15, 0.2) is 5.84 Å². The minimum absolute atomic E-state index is 0.0561. The number of likely N-dealkylation sites (tertiary alicyclic amines) is 1. The van der Waals surface area contributed by atoms with Crippen LogP contribution in [0.25, 0.3) is 0 Å². The zero-order valence-corrected chi connectivity index (χ0v) is 29.6. The molecule has 0 spiro atoms. The molecule has 6 N–H and O–H groups in total. The summed E-state index contributed by atoms with van der Waals surface area (Å²) in [6.45, 7) is 16.1. The summed E-state index contributed by atoms with van der Waals surface area (Å²) in [5.41, 5.74) is 7.20. The summed E-state index contributed by atoms with van der Waals surface area (Å²) in [5, 5.41) is 36.0. The molecule has 10 nitrogen and oxygen atoms in total. The molecule has 10 heteroatoms. The molecule has 1 fully saturated rings. The average Bonchev–Trinajstić information content (AvgIpc) is 3.57. The lowest BCUT2D eigenvalue weighted by molar-refractivity contribution is 0.0963. The summed E-state index contributed by atoms with van der Waals surface area (Å²) in [7, 11) is 3.52. The van der Waals surface area contributed by atoms with Crippen LogP contribution in [0.5, 0.6) is 0 Å². The topological polar surface area (TPSA) is 155 Å². The number of nitriles is 1. The highest BCUT2D eigenvalue weighted by atomic mass is 16.1. The number of aryl methyl sites for hydroxylation is 3. The molecule has 0 radical (unpaired) electrons. The number of hydrogen-bond donors (Lipinski definition) is 5. The van der Waals surface area contributed by atoms with Crippen LogP contribution >= 0.6 is 0 Å². The van der Waals surface area contributed by atoms with Crippen molar-refractivity contribution in [3.63, 3.8) is 0 Å². The summed E-state index contributed by atoms with van der Waals surface area (Å²) in [4.78, 5) is 14.8. The lowest BCUT2D eigenvalue weighted by Gasteiger charge is -2.39. The van der Waals surface area contributed by atoms with E-state index in [4.69, 9.17) is 5.84 Å². The molecule has 258 valence electrons. The summed E-state index contributed by atoms with van der Waals surface area (Å²) in [6.07, 6.45) is 7.40. The van der Waals surface area contributed by atoms with E-state index in [1.54, 1.807) is 7.05 Å². The molecule has 1 heterocycles. The molecule has 2 unspecified atom stereocenters. The summed E-state index contributed by atoms with van der Waals surface area (Å²) < 4.78 is 0. The van der Waals surface area contributed by atoms with Gasteiger partial charge in [-0.3, -0.25) is 10.2 Å². The van der Waals surface area contributed by atoms with Crippen molar-refractivity contribution in [3.8, 4) is 6.07 Å². The maximum atomic E-state index is 12.7. The van der Waals surface area contributed by atoms with Crippen LogP contribution in [0.4, 0.5) is 0 Å². The van der Waals surface area contributed by atoms with E-state index in [-0.39, 0.29) is 23.8 Å². The summed E-state index contributed by atoms with van der Waals surface area (Å²) in [6, 6.07) is 14.6. The van der Waals surface area contributed by atoms with Crippen LogP contribution in [0.2, 0.25) is 0 Å². The molecule has 2 aromatic rings. The number of amides is 1. The Balaban J connectivity index is 0.00000201. The number of carbonyl (C=O) groups excluding carboxylic acids is 1. The van der Waals surface area contributed by atoms with Crippen molar-refractivity contribution in [1.29, 1.82) is 10.7 Å². The fourth-order valence-electron chi connectivity index (χ4n) is 6.81. The van der Waals surface area contributed by atoms with Gasteiger partial charge in [0.1, 0.15) is 6.04 Å². The van der Waals surface area contributed by atoms with Gasteiger partial charge in [0.2, 0.25) is 0 Å². The zero-order valence-electron chi connectivity index (χ0n) is 29.6. The first-order chi connectivity index (χ1) is 23.1. The van der Waals surface area contributed by atoms with Crippen molar-refractivity contribution in [3.05, 3.63) is 94.3 Å². The van der Waals surface area contributed by atoms with Crippen LogP contribution in [0.3, 0.4) is 0 Å². The molecule has 4 rings (SSSR count). The number of hydrogen-bond acceptors (Lipinski definition) is 7. The number of amidine groups is 1. The van der Waals surface area contributed by atoms with Crippen LogP contribution < -0.4 is 21.8 Å². The first-order valence-electron chi connectivity index (χ1n) is 17.2. The second-order valence-electron chi connectivity index (χ2n) is 13.0. The number of allylic oxidation sites excluding steroid dienone is 1. The van der Waals surface area contributed by atoms with Gasteiger partial charge in [-0.25, -0.2) is 0 Å². The number of rotatable bonds is 12. The monoisotopic (exact) mass is 653 g/mol. The molecule has 0 aromatic heterocycles. The van der Waals surface area contributed by atoms with Gasteiger partial charge in [-0.15, -0.1) is 5.11 Å². The van der Waals surface area contributed by atoms with Gasteiger partial charge in [0.05, 0.1) is 11.5 Å². The Kier molecular flexibility index (Phi) is 14.4. The van der Waals surface area contributed by atoms with Crippen molar-refractivity contribution in [2.24, 2.45) is 16.2 Å². The predicted octanol–water partition coefficient (Wildman–Crippen LogP) is 5.88. The summed E-state index contributed by atoms with van der Waals surface area (Å²) >= 11 is 0. The first-order valence-corrected chi connectivity index (χ1v) is 17.2. The Bertz CT molecular complexity index is 1520. The molecule has 1 aliphatic carbocycles. The van der Waals surface area contributed by atoms with E-state index < -0.39 is 5.41 Å². The Hall–Kier alpha value is -4.49. The van der Waals surface area contributed by atoms with Gasteiger partial charge in [-0.2, -0.15) is 5.26 Å². The van der Waals surface area contributed by atoms with Crippen molar-refractivity contribution in [1.82, 2.24) is 20.9 Å². The zero-order chi connectivity index (χ0) is 35.3. The normalized spacial score (nSPS) is 19.0. The summed E-state index contributed by atoms with van der Waals surface area (Å²) in [5.74, 6) is 5.50. The number of carbonyl (C=O) groups is 1. The van der Waals surface area contributed by atoms with Crippen LogP contribution in [-0.4, -0.2) is 55.9 Å². The first kappa shape index (κ1) is 38.0. The highest BCUT2D eigenvalue weighted by molar-refractivity contribution is 5.95. The number of fused-ring (bicyclic) bond motifs is 2. The molecule has 1 saturated heterocycles. The van der Waals surface area contributed by atoms with E-state index in [0.29, 0.717) is 31.4 Å². The molecular formula is C38H55N9O. The Morgan fingerprint density at radius 3 is 2.54 bits per heavy atom. The number of nitrogens with two attached hydrogens (primary N) is 1. The van der Waals surface area contributed by atoms with E-state index in [1.165, 1.54) is 17.5 Å². The lowest BCUT2D eigenvalue weighted by atomic mass is 9.66. The quantitative estimate of drug-likeness (QED) is 0.0634. The largest absolute Gasteiger partial charge is 0.392 e. The number of nitrogens with zero attached hydrogens (tertiary/aromatic N) is 4. The van der Waals surface area contributed by atoms with Crippen LogP contribution in [0, 0.1) is 16.7 Å². The van der Waals surface area contributed by atoms with Gasteiger partial charge in [0.25, 0.3) is 5.91 Å². The third kappa shape index (κ3) is 9.32. The van der Waals surface area contributed by atoms with Crippen molar-refractivity contribution in [2.45, 2.75) is 96.1 Å². The SMILES string of the molecule is C=C(CCc1ccc2c(c1)CCc1cc(C(=O)NC)ccc1C(C[C@@H](C)NCC(=C)N1CCCC1C#N)(C(=N)N=NN)C2)NC.CCC. The van der Waals surface area contributed by atoms with Crippen LogP contribution in [-0.2, 0) is 31.1 Å². The third-order valence-electron chi connectivity index (χ3n) is 9.33. The average molecular weight is 654 g/mol. The Morgan fingerprint density at radius 2 is 1.88 bits per heavy atom. The maximum Gasteiger partial charge on any atom is 0.251 e. The highest BCUT2D eigenvalue weighted by Crippen LogP contribution is 2.41. The number of benzene rings is 2. The molecule has 0 bridgehead atoms. The molecule has 0 saturated carbocycles. The van der Waals surface area contributed by atoms with Crippen molar-refractivity contribution >= 4 is 11.7 Å². The molecule has 1 amide bonds. The van der Waals surface area contributed by atoms with Gasteiger partial charge < -0.3 is 26.7 Å². The Labute approximate surface area is 287 Å². The highest BCUT2D eigenvalue weighted by Gasteiger charge is 2.42. The Morgan fingerprint density at radius 1 is 1.15 bits per heavy atom. The smallest absolute Gasteiger partial charge is 0.251 e. The van der Waals surface area contributed by atoms with Crippen molar-refractivity contribution < 1.29 is 4.79 Å². The van der Waals surface area contributed by atoms with Gasteiger partial charge in [0, 0.05) is 50.2 Å².